The van der Waals surface area contributed by atoms with Crippen molar-refractivity contribution in [3.05, 3.63) is 0 Å². The number of nitrogens with zero attached hydrogens (tertiary/aromatic N) is 1. The zero-order valence-electron chi connectivity index (χ0n) is 10.3. The summed E-state index contributed by atoms with van der Waals surface area (Å²) in [7, 11) is 0. The first-order valence-electron chi connectivity index (χ1n) is 6.15. The van der Waals surface area contributed by atoms with Crippen LogP contribution in [0.1, 0.15) is 52.9 Å². The molecule has 0 aromatic heterocycles. The van der Waals surface area contributed by atoms with Gasteiger partial charge in [0.1, 0.15) is 0 Å². The van der Waals surface area contributed by atoms with E-state index in [4.69, 9.17) is 5.73 Å². The van der Waals surface area contributed by atoms with Gasteiger partial charge < -0.3 is 10.6 Å². The van der Waals surface area contributed by atoms with Gasteiger partial charge in [-0.05, 0) is 39.0 Å². The van der Waals surface area contributed by atoms with E-state index in [1.807, 2.05) is 18.7 Å². The SMILES string of the molecule is CCC(N)(CC)C(=O)N1CCCCC1C. The number of nitrogens with two attached hydrogens (primary N) is 1. The molecule has 88 valence electrons. The Morgan fingerprint density at radius 2 is 2.00 bits per heavy atom. The molecule has 0 bridgehead atoms. The molecule has 1 fully saturated rings. The maximum Gasteiger partial charge on any atom is 0.242 e. The van der Waals surface area contributed by atoms with Crippen LogP contribution in [-0.4, -0.2) is 28.9 Å². The predicted octanol–water partition coefficient (Wildman–Crippen LogP) is 1.90. The lowest BCUT2D eigenvalue weighted by Gasteiger charge is -2.39. The van der Waals surface area contributed by atoms with E-state index >= 15 is 0 Å². The van der Waals surface area contributed by atoms with E-state index in [1.54, 1.807) is 0 Å². The molecule has 0 radical (unpaired) electrons. The highest BCUT2D eigenvalue weighted by molar-refractivity contribution is 5.86. The summed E-state index contributed by atoms with van der Waals surface area (Å²) in [5.41, 5.74) is 5.51. The smallest absolute Gasteiger partial charge is 0.242 e. The summed E-state index contributed by atoms with van der Waals surface area (Å²) >= 11 is 0. The zero-order chi connectivity index (χ0) is 11.5. The van der Waals surface area contributed by atoms with Crippen LogP contribution < -0.4 is 5.73 Å². The summed E-state index contributed by atoms with van der Waals surface area (Å²) in [5, 5.41) is 0. The van der Waals surface area contributed by atoms with Gasteiger partial charge >= 0.3 is 0 Å². The number of hydrogen-bond acceptors (Lipinski definition) is 2. The van der Waals surface area contributed by atoms with Crippen LogP contribution in [0.3, 0.4) is 0 Å². The molecule has 0 spiro atoms. The van der Waals surface area contributed by atoms with Crippen molar-refractivity contribution in [1.82, 2.24) is 4.90 Å². The second kappa shape index (κ2) is 4.97. The molecular weight excluding hydrogens is 188 g/mol. The third-order valence-electron chi connectivity index (χ3n) is 3.75. The van der Waals surface area contributed by atoms with Gasteiger partial charge in [-0.3, -0.25) is 4.79 Å². The second-order valence-electron chi connectivity index (χ2n) is 4.71. The number of likely N-dealkylation sites (tertiary alicyclic amines) is 1. The van der Waals surface area contributed by atoms with E-state index in [0.717, 1.165) is 32.2 Å². The van der Waals surface area contributed by atoms with Crippen molar-refractivity contribution >= 4 is 5.91 Å². The Morgan fingerprint density at radius 1 is 1.40 bits per heavy atom. The van der Waals surface area contributed by atoms with Gasteiger partial charge in [-0.15, -0.1) is 0 Å². The molecule has 1 atom stereocenters. The monoisotopic (exact) mass is 212 g/mol. The molecule has 1 amide bonds. The summed E-state index contributed by atoms with van der Waals surface area (Å²) in [6, 6.07) is 0.368. The van der Waals surface area contributed by atoms with Crippen LogP contribution in [0.5, 0.6) is 0 Å². The van der Waals surface area contributed by atoms with E-state index in [2.05, 4.69) is 6.92 Å². The van der Waals surface area contributed by atoms with Crippen LogP contribution >= 0.6 is 0 Å². The highest BCUT2D eigenvalue weighted by Gasteiger charge is 2.36. The molecule has 1 rings (SSSR count). The fourth-order valence-electron chi connectivity index (χ4n) is 2.24. The Morgan fingerprint density at radius 3 is 2.47 bits per heavy atom. The van der Waals surface area contributed by atoms with Crippen LogP contribution in [0.15, 0.2) is 0 Å². The highest BCUT2D eigenvalue weighted by Crippen LogP contribution is 2.22. The molecular formula is C12H24N2O. The van der Waals surface area contributed by atoms with Crippen molar-refractivity contribution in [1.29, 1.82) is 0 Å². The molecule has 1 unspecified atom stereocenters. The quantitative estimate of drug-likeness (QED) is 0.776. The van der Waals surface area contributed by atoms with Gasteiger partial charge in [0.25, 0.3) is 0 Å². The van der Waals surface area contributed by atoms with E-state index in [1.165, 1.54) is 6.42 Å². The summed E-state index contributed by atoms with van der Waals surface area (Å²) in [6.07, 6.45) is 4.94. The van der Waals surface area contributed by atoms with Crippen molar-refractivity contribution in [2.75, 3.05) is 6.54 Å². The normalized spacial score (nSPS) is 22.9. The molecule has 0 saturated carbocycles. The van der Waals surface area contributed by atoms with Crippen molar-refractivity contribution in [2.24, 2.45) is 5.73 Å². The van der Waals surface area contributed by atoms with Crippen molar-refractivity contribution < 1.29 is 4.79 Å². The number of piperidine rings is 1. The minimum atomic E-state index is -0.633. The third kappa shape index (κ3) is 2.51. The predicted molar refractivity (Wildman–Crippen MR) is 62.5 cm³/mol. The second-order valence-corrected chi connectivity index (χ2v) is 4.71. The number of carbonyl (C=O) groups is 1. The molecule has 3 nitrogen and oxygen atoms in total. The zero-order valence-corrected chi connectivity index (χ0v) is 10.3. The maximum absolute atomic E-state index is 12.3. The topological polar surface area (TPSA) is 46.3 Å². The summed E-state index contributed by atoms with van der Waals surface area (Å²) in [6.45, 7) is 7.01. The van der Waals surface area contributed by atoms with Crippen molar-refractivity contribution in [3.8, 4) is 0 Å². The molecule has 15 heavy (non-hydrogen) atoms. The van der Waals surface area contributed by atoms with Gasteiger partial charge in [-0.25, -0.2) is 0 Å². The molecule has 1 heterocycles. The lowest BCUT2D eigenvalue weighted by Crippen LogP contribution is -2.57. The molecule has 0 aliphatic carbocycles. The molecule has 1 aliphatic rings. The lowest BCUT2D eigenvalue weighted by molar-refractivity contribution is -0.140. The average molecular weight is 212 g/mol. The highest BCUT2D eigenvalue weighted by atomic mass is 16.2. The first kappa shape index (κ1) is 12.5. The molecule has 2 N–H and O–H groups in total. The Bertz CT molecular complexity index is 224. The van der Waals surface area contributed by atoms with Crippen LogP contribution in [0.4, 0.5) is 0 Å². The standard InChI is InChI=1S/C12H24N2O/c1-4-12(13,5-2)11(15)14-9-7-6-8-10(14)3/h10H,4-9,13H2,1-3H3. The number of carbonyl (C=O) groups excluding carboxylic acids is 1. The van der Waals surface area contributed by atoms with E-state index < -0.39 is 5.54 Å². The van der Waals surface area contributed by atoms with Crippen LogP contribution in [0, 0.1) is 0 Å². The lowest BCUT2D eigenvalue weighted by atomic mass is 9.90. The molecule has 1 aliphatic heterocycles. The fraction of sp³-hybridized carbons (Fsp3) is 0.917. The number of rotatable bonds is 3. The van der Waals surface area contributed by atoms with E-state index in [-0.39, 0.29) is 5.91 Å². The van der Waals surface area contributed by atoms with Crippen LogP contribution in [0.2, 0.25) is 0 Å². The van der Waals surface area contributed by atoms with Crippen molar-refractivity contribution in [3.63, 3.8) is 0 Å². The van der Waals surface area contributed by atoms with E-state index in [0.29, 0.717) is 6.04 Å². The third-order valence-corrected chi connectivity index (χ3v) is 3.75. The Kier molecular flexibility index (Phi) is 4.14. The van der Waals surface area contributed by atoms with Gasteiger partial charge in [-0.2, -0.15) is 0 Å². The van der Waals surface area contributed by atoms with Crippen LogP contribution in [-0.2, 0) is 4.79 Å². The maximum atomic E-state index is 12.3. The fourth-order valence-corrected chi connectivity index (χ4v) is 2.24. The summed E-state index contributed by atoms with van der Waals surface area (Å²) < 4.78 is 0. The number of amides is 1. The van der Waals surface area contributed by atoms with Gasteiger partial charge in [0.15, 0.2) is 0 Å². The Hall–Kier alpha value is -0.570. The van der Waals surface area contributed by atoms with Gasteiger partial charge in [-0.1, -0.05) is 13.8 Å². The van der Waals surface area contributed by atoms with Gasteiger partial charge in [0.05, 0.1) is 5.54 Å². The van der Waals surface area contributed by atoms with Gasteiger partial charge in [0, 0.05) is 12.6 Å². The average Bonchev–Trinajstić information content (AvgIpc) is 2.28. The Balaban J connectivity index is 2.73. The van der Waals surface area contributed by atoms with Crippen molar-refractivity contribution in [2.45, 2.75) is 64.5 Å². The Labute approximate surface area is 93.0 Å². The first-order chi connectivity index (χ1) is 7.05. The molecule has 0 aromatic rings. The van der Waals surface area contributed by atoms with E-state index in [9.17, 15) is 4.79 Å². The van der Waals surface area contributed by atoms with Gasteiger partial charge in [0.2, 0.25) is 5.91 Å². The minimum absolute atomic E-state index is 0.153. The summed E-state index contributed by atoms with van der Waals surface area (Å²) in [5.74, 6) is 0.153. The summed E-state index contributed by atoms with van der Waals surface area (Å²) in [4.78, 5) is 14.3. The largest absolute Gasteiger partial charge is 0.338 e. The number of hydrogen-bond donors (Lipinski definition) is 1. The molecule has 1 saturated heterocycles. The molecule has 0 aromatic carbocycles. The molecule has 3 heteroatoms. The first-order valence-corrected chi connectivity index (χ1v) is 6.15. The van der Waals surface area contributed by atoms with Crippen LogP contribution in [0.25, 0.3) is 0 Å². The minimum Gasteiger partial charge on any atom is -0.338 e.